The van der Waals surface area contributed by atoms with Gasteiger partial charge in [-0.2, -0.15) is 5.10 Å². The summed E-state index contributed by atoms with van der Waals surface area (Å²) >= 11 is 1.39. The fourth-order valence-corrected chi connectivity index (χ4v) is 4.48. The minimum absolute atomic E-state index is 0.0936. The zero-order chi connectivity index (χ0) is 15.8. The van der Waals surface area contributed by atoms with Crippen LogP contribution in [0.1, 0.15) is 23.2 Å². The maximum atomic E-state index is 12.4. The molecule has 2 aromatic heterocycles. The number of rotatable bonds is 5. The fraction of sp³-hybridized carbons (Fsp3) is 0.462. The lowest BCUT2D eigenvalue weighted by molar-refractivity contribution is 0.0666. The van der Waals surface area contributed by atoms with Gasteiger partial charge in [-0.25, -0.2) is 13.1 Å². The molecule has 2 aromatic rings. The largest absolute Gasteiger partial charge is 0.383 e. The van der Waals surface area contributed by atoms with Crippen molar-refractivity contribution in [3.63, 3.8) is 0 Å². The number of aliphatic hydroxyl groups is 1. The highest BCUT2D eigenvalue weighted by Gasteiger charge is 2.29. The molecule has 0 unspecified atom stereocenters. The Labute approximate surface area is 128 Å². The molecule has 2 heterocycles. The molecule has 0 spiro atoms. The molecule has 1 atom stereocenters. The van der Waals surface area contributed by atoms with E-state index in [0.29, 0.717) is 16.3 Å². The van der Waals surface area contributed by atoms with Gasteiger partial charge in [0.1, 0.15) is 10.5 Å². The van der Waals surface area contributed by atoms with Crippen LogP contribution in [0.5, 0.6) is 0 Å². The molecule has 2 N–H and O–H groups in total. The van der Waals surface area contributed by atoms with E-state index in [1.807, 2.05) is 11.4 Å². The van der Waals surface area contributed by atoms with Gasteiger partial charge in [0, 0.05) is 18.5 Å². The molecule has 0 aliphatic rings. The molecule has 0 saturated carbocycles. The van der Waals surface area contributed by atoms with E-state index in [0.717, 1.165) is 0 Å². The highest BCUT2D eigenvalue weighted by Crippen LogP contribution is 2.25. The topological polar surface area (TPSA) is 84.2 Å². The number of hydrogen-bond donors (Lipinski definition) is 2. The standard InChI is InChI=1S/C13H19N3O3S2/c1-9-12(10(2)16(4)15-9)21(18,19)14-8-13(3,17)11-6-5-7-20-11/h5-7,14,17H,8H2,1-4H3/t13-/m0/s1. The molecule has 0 bridgehead atoms. The number of aromatic nitrogens is 2. The number of nitrogens with zero attached hydrogens (tertiary/aromatic N) is 2. The normalized spacial score (nSPS) is 15.1. The van der Waals surface area contributed by atoms with Gasteiger partial charge < -0.3 is 5.11 Å². The van der Waals surface area contributed by atoms with Gasteiger partial charge in [0.15, 0.2) is 0 Å². The zero-order valence-corrected chi connectivity index (χ0v) is 14.0. The van der Waals surface area contributed by atoms with Crippen molar-refractivity contribution in [3.05, 3.63) is 33.8 Å². The Hall–Kier alpha value is -1.22. The Morgan fingerprint density at radius 1 is 1.48 bits per heavy atom. The van der Waals surface area contributed by atoms with Crippen molar-refractivity contribution in [1.29, 1.82) is 0 Å². The number of hydrogen-bond acceptors (Lipinski definition) is 5. The summed E-state index contributed by atoms with van der Waals surface area (Å²) in [6, 6.07) is 3.60. The van der Waals surface area contributed by atoms with E-state index >= 15 is 0 Å². The Morgan fingerprint density at radius 3 is 2.62 bits per heavy atom. The molecule has 6 nitrogen and oxygen atoms in total. The molecular weight excluding hydrogens is 310 g/mol. The molecule has 0 amide bonds. The first kappa shape index (κ1) is 16.2. The Bertz CT molecular complexity index is 731. The molecule has 0 fully saturated rings. The molecule has 0 aliphatic carbocycles. The molecule has 0 saturated heterocycles. The smallest absolute Gasteiger partial charge is 0.244 e. The average Bonchev–Trinajstić information content (AvgIpc) is 2.98. The summed E-state index contributed by atoms with van der Waals surface area (Å²) in [6.45, 7) is 4.85. The van der Waals surface area contributed by atoms with Crippen LogP contribution in [0.3, 0.4) is 0 Å². The maximum Gasteiger partial charge on any atom is 0.244 e. The van der Waals surface area contributed by atoms with Crippen LogP contribution >= 0.6 is 11.3 Å². The quantitative estimate of drug-likeness (QED) is 0.865. The third-order valence-electron chi connectivity index (χ3n) is 3.37. The molecule has 0 radical (unpaired) electrons. The summed E-state index contributed by atoms with van der Waals surface area (Å²) in [5.41, 5.74) is -0.236. The molecule has 0 aromatic carbocycles. The Morgan fingerprint density at radius 2 is 2.14 bits per heavy atom. The Balaban J connectivity index is 2.23. The second kappa shape index (κ2) is 5.53. The fourth-order valence-electron chi connectivity index (χ4n) is 2.12. The Kier molecular flexibility index (Phi) is 4.25. The van der Waals surface area contributed by atoms with Crippen LogP contribution in [0.2, 0.25) is 0 Å². The molecule has 21 heavy (non-hydrogen) atoms. The second-order valence-electron chi connectivity index (χ2n) is 5.20. The van der Waals surface area contributed by atoms with E-state index in [4.69, 9.17) is 0 Å². The average molecular weight is 329 g/mol. The zero-order valence-electron chi connectivity index (χ0n) is 12.4. The van der Waals surface area contributed by atoms with Crippen molar-refractivity contribution < 1.29 is 13.5 Å². The SMILES string of the molecule is Cc1nn(C)c(C)c1S(=O)(=O)NC[C@](C)(O)c1cccs1. The van der Waals surface area contributed by atoms with Crippen molar-refractivity contribution >= 4 is 21.4 Å². The van der Waals surface area contributed by atoms with Gasteiger partial charge in [-0.1, -0.05) is 6.07 Å². The van der Waals surface area contributed by atoms with Gasteiger partial charge >= 0.3 is 0 Å². The first-order valence-corrected chi connectivity index (χ1v) is 8.77. The summed E-state index contributed by atoms with van der Waals surface area (Å²) in [5, 5.41) is 16.3. The summed E-state index contributed by atoms with van der Waals surface area (Å²) in [7, 11) is -2.02. The molecule has 8 heteroatoms. The van der Waals surface area contributed by atoms with E-state index < -0.39 is 15.6 Å². The first-order chi connectivity index (χ1) is 9.65. The molecule has 0 aliphatic heterocycles. The van der Waals surface area contributed by atoms with E-state index in [2.05, 4.69) is 9.82 Å². The predicted octanol–water partition coefficient (Wildman–Crippen LogP) is 1.28. The summed E-state index contributed by atoms with van der Waals surface area (Å²) < 4.78 is 28.9. The lowest BCUT2D eigenvalue weighted by Gasteiger charge is -2.22. The number of aryl methyl sites for hydroxylation is 2. The van der Waals surface area contributed by atoms with Crippen LogP contribution in [0, 0.1) is 13.8 Å². The highest BCUT2D eigenvalue weighted by atomic mass is 32.2. The van der Waals surface area contributed by atoms with Crippen LogP contribution in [-0.4, -0.2) is 29.8 Å². The van der Waals surface area contributed by atoms with Crippen LogP contribution in [0.25, 0.3) is 0 Å². The first-order valence-electron chi connectivity index (χ1n) is 6.41. The second-order valence-corrected chi connectivity index (χ2v) is 7.85. The number of thiophene rings is 1. The van der Waals surface area contributed by atoms with Gasteiger partial charge in [0.2, 0.25) is 10.0 Å². The third-order valence-corrected chi connectivity index (χ3v) is 6.15. The van der Waals surface area contributed by atoms with Crippen molar-refractivity contribution in [3.8, 4) is 0 Å². The van der Waals surface area contributed by atoms with Crippen molar-refractivity contribution in [1.82, 2.24) is 14.5 Å². The van der Waals surface area contributed by atoms with Crippen LogP contribution in [-0.2, 0) is 22.7 Å². The third kappa shape index (κ3) is 3.18. The van der Waals surface area contributed by atoms with Crippen molar-refractivity contribution in [2.75, 3.05) is 6.54 Å². The highest BCUT2D eigenvalue weighted by molar-refractivity contribution is 7.89. The van der Waals surface area contributed by atoms with Gasteiger partial charge in [-0.3, -0.25) is 4.68 Å². The lowest BCUT2D eigenvalue weighted by atomic mass is 10.1. The van der Waals surface area contributed by atoms with E-state index in [1.54, 1.807) is 33.9 Å². The van der Waals surface area contributed by atoms with Crippen LogP contribution < -0.4 is 4.72 Å². The molecule has 116 valence electrons. The maximum absolute atomic E-state index is 12.4. The van der Waals surface area contributed by atoms with Crippen molar-refractivity contribution in [2.45, 2.75) is 31.3 Å². The molecular formula is C13H19N3O3S2. The number of sulfonamides is 1. The van der Waals surface area contributed by atoms with Crippen LogP contribution in [0.4, 0.5) is 0 Å². The predicted molar refractivity (Wildman–Crippen MR) is 81.8 cm³/mol. The van der Waals surface area contributed by atoms with E-state index in [1.165, 1.54) is 16.0 Å². The monoisotopic (exact) mass is 329 g/mol. The number of nitrogens with one attached hydrogen (secondary N) is 1. The van der Waals surface area contributed by atoms with Crippen molar-refractivity contribution in [2.24, 2.45) is 7.05 Å². The lowest BCUT2D eigenvalue weighted by Crippen LogP contribution is -2.38. The van der Waals surface area contributed by atoms with E-state index in [9.17, 15) is 13.5 Å². The summed E-state index contributed by atoms with van der Waals surface area (Å²) in [4.78, 5) is 0.886. The minimum atomic E-state index is -3.71. The van der Waals surface area contributed by atoms with Gasteiger partial charge in [0.25, 0.3) is 0 Å². The minimum Gasteiger partial charge on any atom is -0.383 e. The van der Waals surface area contributed by atoms with Gasteiger partial charge in [-0.15, -0.1) is 11.3 Å². The summed E-state index contributed by atoms with van der Waals surface area (Å²) in [6.07, 6.45) is 0. The van der Waals surface area contributed by atoms with Gasteiger partial charge in [0.05, 0.1) is 11.4 Å². The van der Waals surface area contributed by atoms with Gasteiger partial charge in [-0.05, 0) is 32.2 Å². The van der Waals surface area contributed by atoms with E-state index in [-0.39, 0.29) is 11.4 Å². The summed E-state index contributed by atoms with van der Waals surface area (Å²) in [5.74, 6) is 0. The van der Waals surface area contributed by atoms with Crippen LogP contribution in [0.15, 0.2) is 22.4 Å². The molecule has 2 rings (SSSR count).